The van der Waals surface area contributed by atoms with Gasteiger partial charge in [0.1, 0.15) is 10.8 Å². The van der Waals surface area contributed by atoms with Crippen molar-refractivity contribution in [3.05, 3.63) is 46.1 Å². The number of anilines is 1. The zero-order chi connectivity index (χ0) is 21.9. The van der Waals surface area contributed by atoms with Gasteiger partial charge in [-0.1, -0.05) is 0 Å². The first-order valence-electron chi connectivity index (χ1n) is 9.66. The zero-order valence-electron chi connectivity index (χ0n) is 16.6. The Labute approximate surface area is 179 Å². The van der Waals surface area contributed by atoms with Crippen molar-refractivity contribution in [1.29, 1.82) is 0 Å². The summed E-state index contributed by atoms with van der Waals surface area (Å²) < 4.78 is 39.1. The number of carbonyl (C=O) groups excluding carboxylic acids is 2. The van der Waals surface area contributed by atoms with E-state index in [0.717, 1.165) is 52.6 Å². The van der Waals surface area contributed by atoms with E-state index < -0.39 is 21.7 Å². The molecule has 162 valence electrons. The van der Waals surface area contributed by atoms with E-state index in [-0.39, 0.29) is 23.8 Å². The molecule has 0 saturated heterocycles. The predicted molar refractivity (Wildman–Crippen MR) is 114 cm³/mol. The Hall–Kier alpha value is -2.30. The molecule has 0 spiro atoms. The van der Waals surface area contributed by atoms with Crippen LogP contribution in [0.25, 0.3) is 0 Å². The lowest BCUT2D eigenvalue weighted by atomic mass is 9.95. The summed E-state index contributed by atoms with van der Waals surface area (Å²) in [6, 6.07) is 4.59. The second-order valence-corrected chi connectivity index (χ2v) is 10.4. The summed E-state index contributed by atoms with van der Waals surface area (Å²) in [5, 5.41) is 3.25. The summed E-state index contributed by atoms with van der Waals surface area (Å²) in [7, 11) is -2.35. The van der Waals surface area contributed by atoms with Crippen LogP contribution in [0.2, 0.25) is 0 Å². The molecule has 30 heavy (non-hydrogen) atoms. The molecule has 3 N–H and O–H groups in total. The minimum absolute atomic E-state index is 0.00822. The van der Waals surface area contributed by atoms with Gasteiger partial charge in [0.25, 0.3) is 5.91 Å². The van der Waals surface area contributed by atoms with Gasteiger partial charge < -0.3 is 11.1 Å². The standard InChI is InChI=1S/C20H24FN3O4S2/c1-24(30(27,28)14-10-8-13(21)9-11-14)12-4-7-17(25)23-20-18(19(22)26)15-5-2-3-6-16(15)29-20/h8-11H,2-7,12H2,1H3,(H2,22,26)(H,23,25). The van der Waals surface area contributed by atoms with Crippen molar-refractivity contribution in [3.63, 3.8) is 0 Å². The minimum Gasteiger partial charge on any atom is -0.365 e. The summed E-state index contributed by atoms with van der Waals surface area (Å²) in [6.07, 6.45) is 4.08. The SMILES string of the molecule is CN(CCCC(=O)Nc1sc2c(c1C(N)=O)CCCC2)S(=O)(=O)c1ccc(F)cc1. The van der Waals surface area contributed by atoms with Crippen LogP contribution in [-0.2, 0) is 27.7 Å². The zero-order valence-corrected chi connectivity index (χ0v) is 18.2. The summed E-state index contributed by atoms with van der Waals surface area (Å²) >= 11 is 1.39. The van der Waals surface area contributed by atoms with E-state index in [4.69, 9.17) is 5.73 Å². The number of hydrogen-bond donors (Lipinski definition) is 2. The predicted octanol–water partition coefficient (Wildman–Crippen LogP) is 2.90. The van der Waals surface area contributed by atoms with Gasteiger partial charge in [0.05, 0.1) is 10.5 Å². The molecule has 2 aromatic rings. The Morgan fingerprint density at radius 2 is 1.87 bits per heavy atom. The van der Waals surface area contributed by atoms with Crippen LogP contribution in [0.4, 0.5) is 9.39 Å². The number of sulfonamides is 1. The Morgan fingerprint density at radius 3 is 2.53 bits per heavy atom. The molecule has 1 aromatic heterocycles. The lowest BCUT2D eigenvalue weighted by Crippen LogP contribution is -2.28. The maximum atomic E-state index is 13.0. The smallest absolute Gasteiger partial charge is 0.251 e. The molecule has 0 radical (unpaired) electrons. The summed E-state index contributed by atoms with van der Waals surface area (Å²) in [5.41, 5.74) is 6.88. The van der Waals surface area contributed by atoms with Crippen LogP contribution < -0.4 is 11.1 Å². The van der Waals surface area contributed by atoms with Crippen LogP contribution in [0, 0.1) is 5.82 Å². The fraction of sp³-hybridized carbons (Fsp3) is 0.400. The van der Waals surface area contributed by atoms with Crippen molar-refractivity contribution >= 4 is 38.2 Å². The van der Waals surface area contributed by atoms with Crippen LogP contribution in [0.3, 0.4) is 0 Å². The highest BCUT2D eigenvalue weighted by molar-refractivity contribution is 7.89. The second kappa shape index (κ2) is 9.23. The number of rotatable bonds is 8. The van der Waals surface area contributed by atoms with Crippen molar-refractivity contribution in [1.82, 2.24) is 4.31 Å². The van der Waals surface area contributed by atoms with Crippen molar-refractivity contribution in [3.8, 4) is 0 Å². The fourth-order valence-corrected chi connectivity index (χ4v) is 5.99. The van der Waals surface area contributed by atoms with E-state index in [1.54, 1.807) is 0 Å². The maximum Gasteiger partial charge on any atom is 0.251 e. The van der Waals surface area contributed by atoms with Crippen LogP contribution in [-0.4, -0.2) is 38.1 Å². The van der Waals surface area contributed by atoms with E-state index in [0.29, 0.717) is 17.0 Å². The number of nitrogens with two attached hydrogens (primary N) is 1. The molecule has 0 unspecified atom stereocenters. The molecule has 0 aliphatic heterocycles. The molecule has 1 aliphatic carbocycles. The molecule has 10 heteroatoms. The van der Waals surface area contributed by atoms with Crippen molar-refractivity contribution in [2.75, 3.05) is 18.9 Å². The lowest BCUT2D eigenvalue weighted by Gasteiger charge is -2.17. The van der Waals surface area contributed by atoms with Crippen LogP contribution in [0.5, 0.6) is 0 Å². The number of hydrogen-bond acceptors (Lipinski definition) is 5. The van der Waals surface area contributed by atoms with Crippen molar-refractivity contribution in [2.24, 2.45) is 5.73 Å². The average Bonchev–Trinajstić information content (AvgIpc) is 3.06. The van der Waals surface area contributed by atoms with Gasteiger partial charge in [0.15, 0.2) is 0 Å². The topological polar surface area (TPSA) is 110 Å². The number of primary amides is 1. The highest BCUT2D eigenvalue weighted by Crippen LogP contribution is 2.37. The molecule has 0 atom stereocenters. The molecule has 1 aromatic carbocycles. The molecule has 1 aliphatic rings. The molecule has 1 heterocycles. The van der Waals surface area contributed by atoms with Crippen molar-refractivity contribution < 1.29 is 22.4 Å². The van der Waals surface area contributed by atoms with Gasteiger partial charge >= 0.3 is 0 Å². The largest absolute Gasteiger partial charge is 0.365 e. The van der Waals surface area contributed by atoms with Gasteiger partial charge in [-0.3, -0.25) is 9.59 Å². The van der Waals surface area contributed by atoms with Gasteiger partial charge in [0, 0.05) is 24.9 Å². The van der Waals surface area contributed by atoms with E-state index >= 15 is 0 Å². The Bertz CT molecular complexity index is 1050. The molecule has 3 rings (SSSR count). The number of thiophene rings is 1. The number of nitrogens with one attached hydrogen (secondary N) is 1. The summed E-state index contributed by atoms with van der Waals surface area (Å²) in [5.74, 6) is -1.36. The number of nitrogens with zero attached hydrogens (tertiary/aromatic N) is 1. The maximum absolute atomic E-state index is 13.0. The monoisotopic (exact) mass is 453 g/mol. The number of amides is 2. The third kappa shape index (κ3) is 4.88. The first kappa shape index (κ1) is 22.4. The highest BCUT2D eigenvalue weighted by atomic mass is 32.2. The quantitative estimate of drug-likeness (QED) is 0.640. The fourth-order valence-electron chi connectivity index (χ4n) is 3.47. The van der Waals surface area contributed by atoms with Gasteiger partial charge in [-0.05, 0) is 61.9 Å². The van der Waals surface area contributed by atoms with Gasteiger partial charge in [-0.25, -0.2) is 17.1 Å². The van der Waals surface area contributed by atoms with E-state index in [1.807, 2.05) is 0 Å². The van der Waals surface area contributed by atoms with Gasteiger partial charge in [0.2, 0.25) is 15.9 Å². The Kier molecular flexibility index (Phi) is 6.89. The van der Waals surface area contributed by atoms with Crippen molar-refractivity contribution in [2.45, 2.75) is 43.4 Å². The Balaban J connectivity index is 1.58. The normalized spacial score (nSPS) is 13.8. The Morgan fingerprint density at radius 1 is 1.20 bits per heavy atom. The number of benzene rings is 1. The van der Waals surface area contributed by atoms with E-state index in [9.17, 15) is 22.4 Å². The number of fused-ring (bicyclic) bond motifs is 1. The molecular formula is C20H24FN3O4S2. The molecule has 7 nitrogen and oxygen atoms in total. The molecule has 0 saturated carbocycles. The van der Waals surface area contributed by atoms with Crippen LogP contribution in [0.1, 0.15) is 46.5 Å². The average molecular weight is 454 g/mol. The van der Waals surface area contributed by atoms with Crippen LogP contribution >= 0.6 is 11.3 Å². The molecule has 2 amide bonds. The number of halogens is 1. The lowest BCUT2D eigenvalue weighted by molar-refractivity contribution is -0.116. The van der Waals surface area contributed by atoms with Crippen LogP contribution in [0.15, 0.2) is 29.2 Å². The molecular weight excluding hydrogens is 429 g/mol. The summed E-state index contributed by atoms with van der Waals surface area (Å²) in [4.78, 5) is 25.3. The first-order chi connectivity index (χ1) is 14.2. The highest BCUT2D eigenvalue weighted by Gasteiger charge is 2.25. The first-order valence-corrected chi connectivity index (χ1v) is 11.9. The third-order valence-corrected chi connectivity index (χ3v) is 8.15. The minimum atomic E-state index is -3.76. The van der Waals surface area contributed by atoms with Gasteiger partial charge in [-0.2, -0.15) is 0 Å². The third-order valence-electron chi connectivity index (χ3n) is 5.07. The van der Waals surface area contributed by atoms with E-state index in [2.05, 4.69) is 5.32 Å². The van der Waals surface area contributed by atoms with Gasteiger partial charge in [-0.15, -0.1) is 11.3 Å². The second-order valence-electron chi connectivity index (χ2n) is 7.21. The van der Waals surface area contributed by atoms with E-state index in [1.165, 1.54) is 30.5 Å². The number of carbonyl (C=O) groups is 2. The molecule has 0 fully saturated rings. The molecule has 0 bridgehead atoms. The number of aryl methyl sites for hydroxylation is 1. The summed E-state index contributed by atoms with van der Waals surface area (Å²) in [6.45, 7) is 0.122.